The molecule has 0 bridgehead atoms. The summed E-state index contributed by atoms with van der Waals surface area (Å²) < 4.78 is 5.52. The first kappa shape index (κ1) is 28.7. The van der Waals surface area contributed by atoms with Crippen LogP contribution in [0.15, 0.2) is 0 Å². The summed E-state index contributed by atoms with van der Waals surface area (Å²) in [7, 11) is 0. The predicted molar refractivity (Wildman–Crippen MR) is 127 cm³/mol. The third-order valence-corrected chi connectivity index (χ3v) is 6.14. The van der Waals surface area contributed by atoms with Crippen molar-refractivity contribution in [2.24, 2.45) is 5.92 Å². The van der Waals surface area contributed by atoms with Gasteiger partial charge < -0.3 is 20.3 Å². The van der Waals surface area contributed by atoms with E-state index in [9.17, 15) is 19.8 Å². The van der Waals surface area contributed by atoms with Gasteiger partial charge in [0.25, 0.3) is 0 Å². The highest BCUT2D eigenvalue weighted by molar-refractivity contribution is 5.86. The minimum Gasteiger partial charge on any atom is -0.444 e. The number of aliphatic hydroxyl groups excluding tert-OH is 2. The molecule has 188 valence electrons. The van der Waals surface area contributed by atoms with Crippen molar-refractivity contribution < 1.29 is 24.5 Å². The van der Waals surface area contributed by atoms with Crippen molar-refractivity contribution in [3.63, 3.8) is 0 Å². The number of amides is 2. The van der Waals surface area contributed by atoms with E-state index in [2.05, 4.69) is 12.2 Å². The average Bonchev–Trinajstić information content (AvgIpc) is 2.74. The van der Waals surface area contributed by atoms with Crippen LogP contribution in [0.25, 0.3) is 0 Å². The Morgan fingerprint density at radius 3 is 2.09 bits per heavy atom. The SMILES string of the molecule is CCCCCCCCCCCC1CCN(C(=O)OC(C)(C)C)C(C(=O)NC(CO)CO)C1. The van der Waals surface area contributed by atoms with Crippen LogP contribution in [0.4, 0.5) is 4.79 Å². The Morgan fingerprint density at radius 1 is 1.00 bits per heavy atom. The number of hydrogen-bond donors (Lipinski definition) is 3. The van der Waals surface area contributed by atoms with Crippen molar-refractivity contribution in [3.8, 4) is 0 Å². The number of hydrogen-bond acceptors (Lipinski definition) is 5. The van der Waals surface area contributed by atoms with Crippen LogP contribution >= 0.6 is 0 Å². The molecule has 2 unspecified atom stereocenters. The molecule has 32 heavy (non-hydrogen) atoms. The Hall–Kier alpha value is -1.34. The Labute approximate surface area is 195 Å². The maximum Gasteiger partial charge on any atom is 0.410 e. The second kappa shape index (κ2) is 15.5. The van der Waals surface area contributed by atoms with Gasteiger partial charge in [0.1, 0.15) is 11.6 Å². The van der Waals surface area contributed by atoms with E-state index < -0.39 is 23.8 Å². The number of rotatable bonds is 14. The first-order chi connectivity index (χ1) is 15.2. The van der Waals surface area contributed by atoms with Gasteiger partial charge in [0, 0.05) is 6.54 Å². The lowest BCUT2D eigenvalue weighted by Gasteiger charge is -2.39. The number of ether oxygens (including phenoxy) is 1. The van der Waals surface area contributed by atoms with Gasteiger partial charge >= 0.3 is 6.09 Å². The Bertz CT molecular complexity index is 531. The van der Waals surface area contributed by atoms with E-state index in [1.54, 1.807) is 0 Å². The standard InChI is InChI=1S/C25H48N2O5/c1-5-6-7-8-9-10-11-12-13-14-20-15-16-27(24(31)32-25(2,3)4)22(17-20)23(30)26-21(18-28)19-29/h20-22,28-29H,5-19H2,1-4H3,(H,26,30). The van der Waals surface area contributed by atoms with Gasteiger partial charge in [-0.15, -0.1) is 0 Å². The summed E-state index contributed by atoms with van der Waals surface area (Å²) in [4.78, 5) is 27.1. The average molecular weight is 457 g/mol. The fraction of sp³-hybridized carbons (Fsp3) is 0.920. The number of nitrogens with zero attached hydrogens (tertiary/aromatic N) is 1. The molecule has 0 radical (unpaired) electrons. The quantitative estimate of drug-likeness (QED) is 0.337. The van der Waals surface area contributed by atoms with E-state index in [1.807, 2.05) is 20.8 Å². The highest BCUT2D eigenvalue weighted by Crippen LogP contribution is 2.29. The van der Waals surface area contributed by atoms with Crippen molar-refractivity contribution in [1.29, 1.82) is 0 Å². The topological polar surface area (TPSA) is 99.1 Å². The Morgan fingerprint density at radius 2 is 1.56 bits per heavy atom. The summed E-state index contributed by atoms with van der Waals surface area (Å²) in [6.45, 7) is 7.46. The zero-order valence-electron chi connectivity index (χ0n) is 20.9. The van der Waals surface area contributed by atoms with E-state index in [1.165, 1.54) is 56.3 Å². The van der Waals surface area contributed by atoms with Gasteiger partial charge in [0.2, 0.25) is 5.91 Å². The van der Waals surface area contributed by atoms with Crippen molar-refractivity contribution >= 4 is 12.0 Å². The van der Waals surface area contributed by atoms with E-state index in [-0.39, 0.29) is 19.1 Å². The summed E-state index contributed by atoms with van der Waals surface area (Å²) >= 11 is 0. The van der Waals surface area contributed by atoms with Crippen LogP contribution in [0.3, 0.4) is 0 Å². The molecule has 1 saturated heterocycles. The molecular weight excluding hydrogens is 408 g/mol. The van der Waals surface area contributed by atoms with E-state index >= 15 is 0 Å². The van der Waals surface area contributed by atoms with Crippen LogP contribution < -0.4 is 5.32 Å². The van der Waals surface area contributed by atoms with E-state index in [4.69, 9.17) is 4.74 Å². The number of nitrogens with one attached hydrogen (secondary N) is 1. The fourth-order valence-corrected chi connectivity index (χ4v) is 4.28. The summed E-state index contributed by atoms with van der Waals surface area (Å²) in [5, 5.41) is 21.3. The molecule has 1 fully saturated rings. The minimum absolute atomic E-state index is 0.333. The number of likely N-dealkylation sites (tertiary alicyclic amines) is 1. The van der Waals surface area contributed by atoms with Crippen molar-refractivity contribution in [2.45, 2.75) is 122 Å². The summed E-state index contributed by atoms with van der Waals surface area (Å²) in [5.41, 5.74) is -0.635. The van der Waals surface area contributed by atoms with Crippen molar-refractivity contribution in [2.75, 3.05) is 19.8 Å². The van der Waals surface area contributed by atoms with Crippen LogP contribution in [0.1, 0.15) is 105 Å². The summed E-state index contributed by atoms with van der Waals surface area (Å²) in [6, 6.07) is -1.36. The first-order valence-corrected chi connectivity index (χ1v) is 12.7. The van der Waals surface area contributed by atoms with Gasteiger partial charge in [0.15, 0.2) is 0 Å². The molecule has 0 aliphatic carbocycles. The minimum atomic E-state index is -0.722. The lowest BCUT2D eigenvalue weighted by atomic mass is 9.86. The maximum atomic E-state index is 12.9. The molecule has 0 spiro atoms. The van der Waals surface area contributed by atoms with Gasteiger partial charge in [-0.25, -0.2) is 4.79 Å². The van der Waals surface area contributed by atoms with Gasteiger partial charge in [0.05, 0.1) is 19.3 Å². The van der Waals surface area contributed by atoms with Crippen LogP contribution in [0.5, 0.6) is 0 Å². The third-order valence-electron chi connectivity index (χ3n) is 6.14. The zero-order valence-corrected chi connectivity index (χ0v) is 20.9. The first-order valence-electron chi connectivity index (χ1n) is 12.7. The lowest BCUT2D eigenvalue weighted by Crippen LogP contribution is -2.56. The smallest absolute Gasteiger partial charge is 0.410 e. The number of aliphatic hydroxyl groups is 2. The monoisotopic (exact) mass is 456 g/mol. The van der Waals surface area contributed by atoms with Crippen LogP contribution in [-0.2, 0) is 9.53 Å². The molecule has 0 aromatic rings. The molecule has 2 amide bonds. The highest BCUT2D eigenvalue weighted by Gasteiger charge is 2.38. The highest BCUT2D eigenvalue weighted by atomic mass is 16.6. The predicted octanol–water partition coefficient (Wildman–Crippen LogP) is 4.39. The number of carbonyl (C=O) groups excluding carboxylic acids is 2. The molecule has 0 saturated carbocycles. The lowest BCUT2D eigenvalue weighted by molar-refractivity contribution is -0.129. The molecular formula is C25H48N2O5. The molecule has 1 heterocycles. The molecule has 7 nitrogen and oxygen atoms in total. The van der Waals surface area contributed by atoms with Gasteiger partial charge in [-0.1, -0.05) is 71.1 Å². The maximum absolute atomic E-state index is 12.9. The van der Waals surface area contributed by atoms with Crippen LogP contribution in [0.2, 0.25) is 0 Å². The molecule has 1 rings (SSSR count). The van der Waals surface area contributed by atoms with Gasteiger partial charge in [-0.05, 0) is 39.5 Å². The van der Waals surface area contributed by atoms with Gasteiger partial charge in [-0.3, -0.25) is 9.69 Å². The summed E-state index contributed by atoms with van der Waals surface area (Å²) in [5.74, 6) is 0.0523. The molecule has 0 aromatic carbocycles. The molecule has 3 N–H and O–H groups in total. The van der Waals surface area contributed by atoms with E-state index in [0.29, 0.717) is 18.9 Å². The molecule has 1 aliphatic rings. The molecule has 2 atom stereocenters. The fourth-order valence-electron chi connectivity index (χ4n) is 4.28. The van der Waals surface area contributed by atoms with Crippen molar-refractivity contribution in [3.05, 3.63) is 0 Å². The van der Waals surface area contributed by atoms with Crippen molar-refractivity contribution in [1.82, 2.24) is 10.2 Å². The summed E-state index contributed by atoms with van der Waals surface area (Å²) in [6.07, 6.45) is 13.6. The third kappa shape index (κ3) is 11.5. The molecule has 7 heteroatoms. The largest absolute Gasteiger partial charge is 0.444 e. The normalized spacial score (nSPS) is 19.3. The Kier molecular flexibility index (Phi) is 13.9. The zero-order chi connectivity index (χ0) is 24.0. The molecule has 0 aromatic heterocycles. The van der Waals surface area contributed by atoms with E-state index in [0.717, 1.165) is 19.3 Å². The number of carbonyl (C=O) groups is 2. The Balaban J connectivity index is 2.55. The number of piperidine rings is 1. The second-order valence-corrected chi connectivity index (χ2v) is 10.3. The van der Waals surface area contributed by atoms with Crippen LogP contribution in [0, 0.1) is 5.92 Å². The second-order valence-electron chi connectivity index (χ2n) is 10.3. The van der Waals surface area contributed by atoms with Crippen LogP contribution in [-0.4, -0.2) is 64.6 Å². The number of unbranched alkanes of at least 4 members (excludes halogenated alkanes) is 8. The molecule has 1 aliphatic heterocycles. The van der Waals surface area contributed by atoms with Gasteiger partial charge in [-0.2, -0.15) is 0 Å².